The summed E-state index contributed by atoms with van der Waals surface area (Å²) in [4.78, 5) is 24.4. The van der Waals surface area contributed by atoms with Gasteiger partial charge in [0.2, 0.25) is 0 Å². The summed E-state index contributed by atoms with van der Waals surface area (Å²) < 4.78 is 0. The second kappa shape index (κ2) is 4.52. The van der Waals surface area contributed by atoms with Crippen molar-refractivity contribution in [3.63, 3.8) is 0 Å². The van der Waals surface area contributed by atoms with Crippen molar-refractivity contribution >= 4 is 12.0 Å². The van der Waals surface area contributed by atoms with Crippen molar-refractivity contribution in [2.75, 3.05) is 7.05 Å². The molecule has 1 heterocycles. The molecule has 1 aliphatic heterocycles. The van der Waals surface area contributed by atoms with Crippen molar-refractivity contribution in [1.29, 1.82) is 0 Å². The summed E-state index contributed by atoms with van der Waals surface area (Å²) in [5.41, 5.74) is 1.42. The van der Waals surface area contributed by atoms with Crippen LogP contribution in [0.25, 0.3) is 0 Å². The Morgan fingerprint density at radius 1 is 1.33 bits per heavy atom. The van der Waals surface area contributed by atoms with Crippen LogP contribution in [0.3, 0.4) is 0 Å². The lowest BCUT2D eigenvalue weighted by Crippen LogP contribution is -2.45. The first kappa shape index (κ1) is 12.2. The second-order valence-corrected chi connectivity index (χ2v) is 4.16. The molecule has 0 aromatic heterocycles. The van der Waals surface area contributed by atoms with E-state index in [2.05, 4.69) is 5.32 Å². The van der Waals surface area contributed by atoms with Crippen LogP contribution in [-0.4, -0.2) is 29.1 Å². The number of carboxylic acids is 1. The van der Waals surface area contributed by atoms with Crippen LogP contribution in [-0.2, 0) is 4.79 Å². The molecule has 5 nitrogen and oxygen atoms in total. The lowest BCUT2D eigenvalue weighted by molar-refractivity contribution is -0.133. The highest BCUT2D eigenvalue weighted by atomic mass is 16.4. The third kappa shape index (κ3) is 1.95. The molecule has 1 unspecified atom stereocenters. The van der Waals surface area contributed by atoms with Crippen LogP contribution in [0.4, 0.5) is 4.79 Å². The van der Waals surface area contributed by atoms with Crippen molar-refractivity contribution in [2.24, 2.45) is 0 Å². The molecular weight excluding hydrogens is 232 g/mol. The zero-order valence-electron chi connectivity index (χ0n) is 10.2. The van der Waals surface area contributed by atoms with Crippen LogP contribution in [0.5, 0.6) is 0 Å². The Hall–Kier alpha value is -2.30. The van der Waals surface area contributed by atoms with Gasteiger partial charge in [0, 0.05) is 12.7 Å². The fraction of sp³-hybridized carbons (Fsp3) is 0.231. The Bertz CT molecular complexity index is 522. The van der Waals surface area contributed by atoms with Crippen LogP contribution in [0.15, 0.2) is 41.6 Å². The van der Waals surface area contributed by atoms with Gasteiger partial charge in [0.25, 0.3) is 0 Å². The van der Waals surface area contributed by atoms with Gasteiger partial charge in [-0.3, -0.25) is 0 Å². The third-order valence-electron chi connectivity index (χ3n) is 3.12. The number of aliphatic carboxylic acids is 1. The fourth-order valence-corrected chi connectivity index (χ4v) is 2.01. The van der Waals surface area contributed by atoms with E-state index in [4.69, 9.17) is 0 Å². The molecule has 2 amide bonds. The number of amides is 2. The summed E-state index contributed by atoms with van der Waals surface area (Å²) in [5, 5.41) is 12.0. The maximum Gasteiger partial charge on any atom is 0.335 e. The highest BCUT2D eigenvalue weighted by Crippen LogP contribution is 2.29. The van der Waals surface area contributed by atoms with Gasteiger partial charge in [0.1, 0.15) is 0 Å². The molecule has 0 spiro atoms. The van der Waals surface area contributed by atoms with Crippen LogP contribution in [0.2, 0.25) is 0 Å². The molecule has 1 atom stereocenters. The molecular formula is C13H14N2O3. The smallest absolute Gasteiger partial charge is 0.335 e. The number of carbonyl (C=O) groups is 2. The molecule has 0 fully saturated rings. The Balaban J connectivity index is 2.53. The predicted octanol–water partition coefficient (Wildman–Crippen LogP) is 1.74. The van der Waals surface area contributed by atoms with E-state index < -0.39 is 12.0 Å². The fourth-order valence-electron chi connectivity index (χ4n) is 2.01. The summed E-state index contributed by atoms with van der Waals surface area (Å²) in [7, 11) is 1.55. The minimum Gasteiger partial charge on any atom is -0.478 e. The van der Waals surface area contributed by atoms with E-state index in [1.165, 1.54) is 4.90 Å². The Morgan fingerprint density at radius 2 is 1.94 bits per heavy atom. The minimum atomic E-state index is -1.02. The number of hydrogen-bond donors (Lipinski definition) is 2. The second-order valence-electron chi connectivity index (χ2n) is 4.16. The monoisotopic (exact) mass is 246 g/mol. The minimum absolute atomic E-state index is 0.198. The Morgan fingerprint density at radius 3 is 2.50 bits per heavy atom. The molecule has 0 saturated heterocycles. The quantitative estimate of drug-likeness (QED) is 0.835. The molecule has 0 radical (unpaired) electrons. The highest BCUT2D eigenvalue weighted by Gasteiger charge is 2.33. The third-order valence-corrected chi connectivity index (χ3v) is 3.12. The van der Waals surface area contributed by atoms with Gasteiger partial charge in [0.15, 0.2) is 0 Å². The van der Waals surface area contributed by atoms with E-state index in [1.54, 1.807) is 26.1 Å². The number of hydrogen-bond acceptors (Lipinski definition) is 2. The van der Waals surface area contributed by atoms with Gasteiger partial charge in [-0.25, -0.2) is 9.59 Å². The van der Waals surface area contributed by atoms with Gasteiger partial charge in [-0.1, -0.05) is 30.3 Å². The number of nitrogens with zero attached hydrogens (tertiary/aromatic N) is 1. The van der Waals surface area contributed by atoms with E-state index in [1.807, 2.05) is 18.2 Å². The van der Waals surface area contributed by atoms with Crippen LogP contribution in [0.1, 0.15) is 18.5 Å². The maximum absolute atomic E-state index is 11.7. The van der Waals surface area contributed by atoms with Crippen LogP contribution < -0.4 is 5.32 Å². The predicted molar refractivity (Wildman–Crippen MR) is 65.8 cm³/mol. The molecule has 1 aromatic rings. The van der Waals surface area contributed by atoms with Gasteiger partial charge >= 0.3 is 12.0 Å². The summed E-state index contributed by atoms with van der Waals surface area (Å²) in [6.07, 6.45) is 0. The normalized spacial score (nSPS) is 19.8. The van der Waals surface area contributed by atoms with Crippen molar-refractivity contribution in [3.8, 4) is 0 Å². The standard InChI is InChI=1S/C13H14N2O3/c1-8-10(12(16)17)11(14-13(18)15(8)2)9-6-4-3-5-7-9/h3-7,11H,1-2H3,(H,14,18)(H,16,17). The average Bonchev–Trinajstić information content (AvgIpc) is 2.36. The molecule has 2 N–H and O–H groups in total. The zero-order chi connectivity index (χ0) is 13.3. The van der Waals surface area contributed by atoms with Gasteiger partial charge in [-0.15, -0.1) is 0 Å². The Kier molecular flexibility index (Phi) is 3.06. The topological polar surface area (TPSA) is 69.6 Å². The largest absolute Gasteiger partial charge is 0.478 e. The van der Waals surface area contributed by atoms with Gasteiger partial charge < -0.3 is 15.3 Å². The number of urea groups is 1. The van der Waals surface area contributed by atoms with Gasteiger partial charge in [-0.05, 0) is 12.5 Å². The van der Waals surface area contributed by atoms with Gasteiger partial charge in [0.05, 0.1) is 11.6 Å². The Labute approximate surface area is 105 Å². The summed E-state index contributed by atoms with van der Waals surface area (Å²) >= 11 is 0. The summed E-state index contributed by atoms with van der Waals surface area (Å²) in [6, 6.07) is 8.17. The molecule has 1 aliphatic rings. The maximum atomic E-state index is 11.7. The molecule has 2 rings (SSSR count). The summed E-state index contributed by atoms with van der Waals surface area (Å²) in [6.45, 7) is 1.64. The van der Waals surface area contributed by atoms with E-state index in [0.717, 1.165) is 5.56 Å². The molecule has 0 bridgehead atoms. The number of benzene rings is 1. The number of rotatable bonds is 2. The molecule has 94 valence electrons. The molecule has 0 saturated carbocycles. The summed E-state index contributed by atoms with van der Waals surface area (Å²) in [5.74, 6) is -1.02. The first-order valence-electron chi connectivity index (χ1n) is 5.55. The van der Waals surface area contributed by atoms with Gasteiger partial charge in [-0.2, -0.15) is 0 Å². The molecule has 0 aliphatic carbocycles. The van der Waals surface area contributed by atoms with Crippen molar-refractivity contribution in [1.82, 2.24) is 10.2 Å². The molecule has 18 heavy (non-hydrogen) atoms. The van der Waals surface area contributed by atoms with E-state index in [9.17, 15) is 14.7 Å². The van der Waals surface area contributed by atoms with Crippen LogP contribution >= 0.6 is 0 Å². The van der Waals surface area contributed by atoms with Crippen molar-refractivity contribution in [3.05, 3.63) is 47.2 Å². The number of nitrogens with one attached hydrogen (secondary N) is 1. The molecule has 1 aromatic carbocycles. The number of allylic oxidation sites excluding steroid dienone is 1. The van der Waals surface area contributed by atoms with E-state index in [0.29, 0.717) is 5.70 Å². The number of carboxylic acid groups (broad SMARTS) is 1. The van der Waals surface area contributed by atoms with E-state index in [-0.39, 0.29) is 11.6 Å². The van der Waals surface area contributed by atoms with Crippen molar-refractivity contribution < 1.29 is 14.7 Å². The molecule has 5 heteroatoms. The number of carbonyl (C=O) groups excluding carboxylic acids is 1. The van der Waals surface area contributed by atoms with Crippen molar-refractivity contribution in [2.45, 2.75) is 13.0 Å². The van der Waals surface area contributed by atoms with Crippen LogP contribution in [0, 0.1) is 0 Å². The first-order chi connectivity index (χ1) is 8.52. The highest BCUT2D eigenvalue weighted by molar-refractivity contribution is 5.93. The lowest BCUT2D eigenvalue weighted by atomic mass is 9.95. The van der Waals surface area contributed by atoms with E-state index >= 15 is 0 Å². The first-order valence-corrected chi connectivity index (χ1v) is 5.55. The SMILES string of the molecule is CC1=C(C(=O)O)C(c2ccccc2)NC(=O)N1C. The zero-order valence-corrected chi connectivity index (χ0v) is 10.2. The lowest BCUT2D eigenvalue weighted by Gasteiger charge is -2.32. The average molecular weight is 246 g/mol.